The van der Waals surface area contributed by atoms with Crippen molar-refractivity contribution in [1.82, 2.24) is 4.90 Å². The fourth-order valence-corrected chi connectivity index (χ4v) is 1.17. The molecule has 0 atom stereocenters. The van der Waals surface area contributed by atoms with Crippen LogP contribution in [0.3, 0.4) is 0 Å². The summed E-state index contributed by atoms with van der Waals surface area (Å²) in [4.78, 5) is 1.57. The van der Waals surface area contributed by atoms with Crippen LogP contribution in [0.25, 0.3) is 0 Å². The molecule has 0 saturated heterocycles. The molecule has 0 saturated carbocycles. The molecule has 0 aliphatic rings. The molecule has 0 bridgehead atoms. The normalized spacial score (nSPS) is 11.5. The number of aliphatic hydroxyl groups excluding tert-OH is 2. The van der Waals surface area contributed by atoms with Crippen molar-refractivity contribution in [3.05, 3.63) is 0 Å². The van der Waals surface area contributed by atoms with Gasteiger partial charge in [0.15, 0.2) is 0 Å². The molecule has 9 heteroatoms. The number of hydrogen-bond donors (Lipinski definition) is 2. The summed E-state index contributed by atoms with van der Waals surface area (Å²) in [5.74, 6) is 0. The van der Waals surface area contributed by atoms with Gasteiger partial charge >= 0.3 is 29.6 Å². The van der Waals surface area contributed by atoms with Crippen molar-refractivity contribution < 1.29 is 56.9 Å². The number of nitrogens with zero attached hydrogens (tertiary/aromatic N) is 1. The molecule has 0 spiro atoms. The monoisotopic (exact) mass is 251 g/mol. The van der Waals surface area contributed by atoms with Crippen molar-refractivity contribution in [2.75, 3.05) is 39.5 Å². The van der Waals surface area contributed by atoms with E-state index in [0.29, 0.717) is 13.1 Å². The fourth-order valence-electron chi connectivity index (χ4n) is 0.887. The SMILES string of the molecule is O=S(=O)([O-])OCCN(CCO)CCO.[Na+]. The molecular formula is C6H14NNaO6S. The Kier molecular flexibility index (Phi) is 12.0. The van der Waals surface area contributed by atoms with Gasteiger partial charge in [0.25, 0.3) is 0 Å². The van der Waals surface area contributed by atoms with Crippen LogP contribution in [-0.2, 0) is 14.6 Å². The van der Waals surface area contributed by atoms with Crippen LogP contribution in [0.2, 0.25) is 0 Å². The van der Waals surface area contributed by atoms with E-state index in [9.17, 15) is 13.0 Å². The van der Waals surface area contributed by atoms with Crippen molar-refractivity contribution in [2.24, 2.45) is 0 Å². The summed E-state index contributed by atoms with van der Waals surface area (Å²) in [5.41, 5.74) is 0. The average molecular weight is 251 g/mol. The van der Waals surface area contributed by atoms with Gasteiger partial charge in [-0.05, 0) is 0 Å². The molecule has 0 aliphatic carbocycles. The van der Waals surface area contributed by atoms with Crippen LogP contribution in [-0.4, -0.2) is 67.5 Å². The minimum atomic E-state index is -4.65. The van der Waals surface area contributed by atoms with Crippen molar-refractivity contribution >= 4 is 10.4 Å². The molecule has 0 aromatic heterocycles. The minimum Gasteiger partial charge on any atom is -0.726 e. The maximum absolute atomic E-state index is 10.0. The third-order valence-corrected chi connectivity index (χ3v) is 1.92. The van der Waals surface area contributed by atoms with Crippen molar-refractivity contribution in [2.45, 2.75) is 0 Å². The first-order valence-corrected chi connectivity index (χ1v) is 5.37. The van der Waals surface area contributed by atoms with Gasteiger partial charge in [0.2, 0.25) is 10.4 Å². The van der Waals surface area contributed by atoms with Gasteiger partial charge in [-0.3, -0.25) is 9.08 Å². The van der Waals surface area contributed by atoms with Gasteiger partial charge in [0.05, 0.1) is 19.8 Å². The molecule has 2 N–H and O–H groups in total. The van der Waals surface area contributed by atoms with Gasteiger partial charge in [-0.25, -0.2) is 8.42 Å². The Morgan fingerprint density at radius 2 is 1.60 bits per heavy atom. The smallest absolute Gasteiger partial charge is 0.726 e. The Balaban J connectivity index is 0. The van der Waals surface area contributed by atoms with E-state index in [1.807, 2.05) is 0 Å². The van der Waals surface area contributed by atoms with Gasteiger partial charge in [-0.1, -0.05) is 0 Å². The molecule has 0 heterocycles. The molecule has 15 heavy (non-hydrogen) atoms. The Labute approximate surface area is 111 Å². The largest absolute Gasteiger partial charge is 1.00 e. The topological polar surface area (TPSA) is 110 Å². The van der Waals surface area contributed by atoms with E-state index in [1.54, 1.807) is 4.90 Å². The second-order valence-electron chi connectivity index (χ2n) is 2.52. The molecule has 0 amide bonds. The van der Waals surface area contributed by atoms with Crippen LogP contribution < -0.4 is 29.6 Å². The molecule has 0 fully saturated rings. The number of aliphatic hydroxyl groups is 2. The summed E-state index contributed by atoms with van der Waals surface area (Å²) < 4.78 is 34.1. The Morgan fingerprint density at radius 3 is 1.93 bits per heavy atom. The van der Waals surface area contributed by atoms with E-state index in [1.165, 1.54) is 0 Å². The summed E-state index contributed by atoms with van der Waals surface area (Å²) in [6.07, 6.45) is 0. The van der Waals surface area contributed by atoms with E-state index < -0.39 is 10.4 Å². The second-order valence-corrected chi connectivity index (χ2v) is 3.57. The standard InChI is InChI=1S/C6H15NO6S.Na/c8-4-1-7(2-5-9)3-6-13-14(10,11)12;/h8-9H,1-6H2,(H,10,11,12);/q;+1/p-1. The van der Waals surface area contributed by atoms with E-state index in [-0.39, 0.29) is 55.9 Å². The molecule has 7 nitrogen and oxygen atoms in total. The average Bonchev–Trinajstić information content (AvgIpc) is 2.02. The maximum atomic E-state index is 10.0. The van der Waals surface area contributed by atoms with E-state index in [0.717, 1.165) is 0 Å². The molecule has 0 aromatic rings. The predicted octanol–water partition coefficient (Wildman–Crippen LogP) is -5.25. The van der Waals surface area contributed by atoms with Gasteiger partial charge in [0.1, 0.15) is 0 Å². The summed E-state index contributed by atoms with van der Waals surface area (Å²) in [6.45, 7) is 0.272. The zero-order chi connectivity index (χ0) is 11.0. The summed E-state index contributed by atoms with van der Waals surface area (Å²) in [7, 11) is -4.65. The van der Waals surface area contributed by atoms with Crippen LogP contribution in [0.4, 0.5) is 0 Å². The van der Waals surface area contributed by atoms with Crippen LogP contribution >= 0.6 is 0 Å². The Bertz CT molecular complexity index is 228. The molecular weight excluding hydrogens is 237 g/mol. The Hall–Kier alpha value is 0.750. The van der Waals surface area contributed by atoms with Gasteiger partial charge < -0.3 is 14.8 Å². The predicted molar refractivity (Wildman–Crippen MR) is 46.3 cm³/mol. The van der Waals surface area contributed by atoms with Crippen LogP contribution in [0.5, 0.6) is 0 Å². The third-order valence-electron chi connectivity index (χ3n) is 1.47. The van der Waals surface area contributed by atoms with E-state index >= 15 is 0 Å². The third kappa shape index (κ3) is 12.7. The van der Waals surface area contributed by atoms with E-state index in [2.05, 4.69) is 4.18 Å². The zero-order valence-electron chi connectivity index (χ0n) is 8.63. The number of hydrogen-bond acceptors (Lipinski definition) is 7. The fraction of sp³-hybridized carbons (Fsp3) is 1.00. The van der Waals surface area contributed by atoms with Crippen molar-refractivity contribution in [3.63, 3.8) is 0 Å². The minimum absolute atomic E-state index is 0. The molecule has 0 aromatic carbocycles. The first kappa shape index (κ1) is 18.1. The first-order valence-electron chi connectivity index (χ1n) is 4.04. The second kappa shape index (κ2) is 9.94. The molecule has 0 radical (unpaired) electrons. The maximum Gasteiger partial charge on any atom is 1.00 e. The molecule has 0 unspecified atom stereocenters. The Morgan fingerprint density at radius 1 is 1.13 bits per heavy atom. The van der Waals surface area contributed by atoms with Crippen LogP contribution in [0.15, 0.2) is 0 Å². The summed E-state index contributed by atoms with van der Waals surface area (Å²) in [6, 6.07) is 0. The van der Waals surface area contributed by atoms with Crippen molar-refractivity contribution in [3.8, 4) is 0 Å². The molecule has 86 valence electrons. The first-order chi connectivity index (χ1) is 6.49. The van der Waals surface area contributed by atoms with Gasteiger partial charge in [0, 0.05) is 19.6 Å². The molecule has 0 rings (SSSR count). The zero-order valence-corrected chi connectivity index (χ0v) is 11.4. The molecule has 0 aliphatic heterocycles. The van der Waals surface area contributed by atoms with Crippen LogP contribution in [0, 0.1) is 0 Å². The quantitative estimate of drug-likeness (QED) is 0.252. The van der Waals surface area contributed by atoms with Gasteiger partial charge in [-0.2, -0.15) is 0 Å². The summed E-state index contributed by atoms with van der Waals surface area (Å²) >= 11 is 0. The van der Waals surface area contributed by atoms with Gasteiger partial charge in [-0.15, -0.1) is 0 Å². The number of rotatable bonds is 8. The van der Waals surface area contributed by atoms with E-state index in [4.69, 9.17) is 10.2 Å². The van der Waals surface area contributed by atoms with Crippen molar-refractivity contribution in [1.29, 1.82) is 0 Å². The van der Waals surface area contributed by atoms with Crippen LogP contribution in [0.1, 0.15) is 0 Å². The summed E-state index contributed by atoms with van der Waals surface area (Å²) in [5, 5.41) is 17.2.